The number of likely N-dealkylation sites (tertiary alicyclic amines) is 1. The van der Waals surface area contributed by atoms with Gasteiger partial charge in [0.05, 0.1) is 0 Å². The summed E-state index contributed by atoms with van der Waals surface area (Å²) < 4.78 is 11.2. The topological polar surface area (TPSA) is 81.9 Å². The molecule has 6 heteroatoms. The van der Waals surface area contributed by atoms with Crippen molar-refractivity contribution in [3.05, 3.63) is 59.7 Å². The summed E-state index contributed by atoms with van der Waals surface area (Å²) in [5, 5.41) is 0. The number of hydrogen-bond acceptors (Lipinski definition) is 5. The van der Waals surface area contributed by atoms with Gasteiger partial charge < -0.3 is 20.1 Å². The largest absolute Gasteiger partial charge is 0.464 e. The Morgan fingerprint density at radius 2 is 1.53 bits per heavy atom. The van der Waals surface area contributed by atoms with Crippen LogP contribution in [0.25, 0.3) is 11.1 Å². The van der Waals surface area contributed by atoms with Gasteiger partial charge in [0.2, 0.25) is 0 Å². The average Bonchev–Trinajstić information content (AvgIpc) is 3.10. The summed E-state index contributed by atoms with van der Waals surface area (Å²) >= 11 is 0. The lowest BCUT2D eigenvalue weighted by Crippen LogP contribution is -2.48. The van der Waals surface area contributed by atoms with Gasteiger partial charge >= 0.3 is 12.1 Å². The number of fused-ring (bicyclic) bond motifs is 3. The molecule has 1 unspecified atom stereocenters. The molecule has 0 spiro atoms. The zero-order chi connectivity index (χ0) is 22.9. The Morgan fingerprint density at radius 1 is 1.00 bits per heavy atom. The fourth-order valence-corrected chi connectivity index (χ4v) is 4.66. The second-order valence-corrected chi connectivity index (χ2v) is 9.69. The number of rotatable bonds is 4. The van der Waals surface area contributed by atoms with Gasteiger partial charge in [-0.1, -0.05) is 48.5 Å². The first-order chi connectivity index (χ1) is 15.2. The number of carbonyl (C=O) groups is 2. The van der Waals surface area contributed by atoms with Crippen LogP contribution in [0.3, 0.4) is 0 Å². The molecule has 6 nitrogen and oxygen atoms in total. The zero-order valence-electron chi connectivity index (χ0n) is 19.0. The first-order valence-corrected chi connectivity index (χ1v) is 11.3. The van der Waals surface area contributed by atoms with E-state index in [0.29, 0.717) is 25.9 Å². The van der Waals surface area contributed by atoms with Crippen molar-refractivity contribution in [2.45, 2.75) is 51.2 Å². The molecule has 0 aromatic heterocycles. The van der Waals surface area contributed by atoms with Crippen LogP contribution in [0.5, 0.6) is 0 Å². The van der Waals surface area contributed by atoms with E-state index in [4.69, 9.17) is 15.2 Å². The van der Waals surface area contributed by atoms with Crippen LogP contribution in [0, 0.1) is 5.92 Å². The molecule has 0 bridgehead atoms. The van der Waals surface area contributed by atoms with E-state index in [1.54, 1.807) is 4.90 Å². The van der Waals surface area contributed by atoms with Crippen LogP contribution in [0.1, 0.15) is 50.7 Å². The fourth-order valence-electron chi connectivity index (χ4n) is 4.66. The smallest absolute Gasteiger partial charge is 0.410 e. The molecule has 32 heavy (non-hydrogen) atoms. The van der Waals surface area contributed by atoms with E-state index in [2.05, 4.69) is 24.3 Å². The van der Waals surface area contributed by atoms with Crippen LogP contribution >= 0.6 is 0 Å². The van der Waals surface area contributed by atoms with E-state index < -0.39 is 11.6 Å². The molecule has 0 saturated carbocycles. The fraction of sp³-hybridized carbons (Fsp3) is 0.462. The van der Waals surface area contributed by atoms with Crippen LogP contribution in [0.4, 0.5) is 4.79 Å². The van der Waals surface area contributed by atoms with Crippen molar-refractivity contribution in [1.29, 1.82) is 0 Å². The standard InChI is InChI=1S/C26H32N2O4/c1-26(2,3)32-25(30)28-14-12-17(13-15-28)23(27)24(29)31-16-22-20-10-6-4-8-18(20)19-9-5-7-11-21(19)22/h4-11,17,22-23H,12-16,27H2,1-3H3. The Balaban J connectivity index is 1.33. The molecule has 0 radical (unpaired) electrons. The molecule has 1 aliphatic heterocycles. The maximum absolute atomic E-state index is 12.8. The number of esters is 1. The predicted octanol–water partition coefficient (Wildman–Crippen LogP) is 4.32. The van der Waals surface area contributed by atoms with Gasteiger partial charge in [-0.05, 0) is 61.8 Å². The van der Waals surface area contributed by atoms with Crippen LogP contribution in [-0.2, 0) is 14.3 Å². The van der Waals surface area contributed by atoms with E-state index in [1.807, 2.05) is 45.0 Å². The zero-order valence-corrected chi connectivity index (χ0v) is 19.0. The normalized spacial score (nSPS) is 17.4. The second-order valence-electron chi connectivity index (χ2n) is 9.69. The number of nitrogens with zero attached hydrogens (tertiary/aromatic N) is 1. The molecule has 2 aliphatic rings. The van der Waals surface area contributed by atoms with Crippen molar-refractivity contribution < 1.29 is 19.1 Å². The number of ether oxygens (including phenoxy) is 2. The lowest BCUT2D eigenvalue weighted by molar-refractivity contribution is -0.147. The Morgan fingerprint density at radius 3 is 2.06 bits per heavy atom. The summed E-state index contributed by atoms with van der Waals surface area (Å²) in [6.45, 7) is 6.89. The van der Waals surface area contributed by atoms with E-state index in [-0.39, 0.29) is 30.5 Å². The van der Waals surface area contributed by atoms with Crippen molar-refractivity contribution in [3.63, 3.8) is 0 Å². The van der Waals surface area contributed by atoms with E-state index in [1.165, 1.54) is 22.3 Å². The number of benzene rings is 2. The molecule has 1 aliphatic carbocycles. The first kappa shape index (κ1) is 22.3. The van der Waals surface area contributed by atoms with Crippen LogP contribution < -0.4 is 5.73 Å². The molecule has 2 aromatic rings. The molecule has 4 rings (SSSR count). The van der Waals surface area contributed by atoms with Gasteiger partial charge in [-0.2, -0.15) is 0 Å². The lowest BCUT2D eigenvalue weighted by atomic mass is 9.90. The van der Waals surface area contributed by atoms with Crippen molar-refractivity contribution in [2.75, 3.05) is 19.7 Å². The van der Waals surface area contributed by atoms with E-state index >= 15 is 0 Å². The number of piperidine rings is 1. The van der Waals surface area contributed by atoms with Crippen molar-refractivity contribution in [1.82, 2.24) is 4.90 Å². The Bertz CT molecular complexity index is 944. The quantitative estimate of drug-likeness (QED) is 0.722. The molecule has 1 fully saturated rings. The summed E-state index contributed by atoms with van der Waals surface area (Å²) in [5.41, 5.74) is 10.5. The van der Waals surface area contributed by atoms with Crippen molar-refractivity contribution in [3.8, 4) is 11.1 Å². The van der Waals surface area contributed by atoms with E-state index in [0.717, 1.165) is 0 Å². The maximum atomic E-state index is 12.8. The molecular formula is C26H32N2O4. The highest BCUT2D eigenvalue weighted by Gasteiger charge is 2.34. The summed E-state index contributed by atoms with van der Waals surface area (Å²) in [6, 6.07) is 15.8. The van der Waals surface area contributed by atoms with E-state index in [9.17, 15) is 9.59 Å². The molecule has 1 saturated heterocycles. The predicted molar refractivity (Wildman–Crippen MR) is 123 cm³/mol. The minimum atomic E-state index is -0.692. The van der Waals surface area contributed by atoms with Gasteiger partial charge in [-0.25, -0.2) is 4.79 Å². The number of carbonyl (C=O) groups excluding carboxylic acids is 2. The molecule has 1 amide bonds. The monoisotopic (exact) mass is 436 g/mol. The third-order valence-electron chi connectivity index (χ3n) is 6.33. The SMILES string of the molecule is CC(C)(C)OC(=O)N1CCC(C(N)C(=O)OCC2c3ccccc3-c3ccccc32)CC1. The lowest BCUT2D eigenvalue weighted by Gasteiger charge is -2.35. The van der Waals surface area contributed by atoms with Gasteiger partial charge in [0.15, 0.2) is 0 Å². The van der Waals surface area contributed by atoms with Crippen LogP contribution in [0.15, 0.2) is 48.5 Å². The van der Waals surface area contributed by atoms with Crippen LogP contribution in [0.2, 0.25) is 0 Å². The summed E-state index contributed by atoms with van der Waals surface area (Å²) in [7, 11) is 0. The Hall–Kier alpha value is -2.86. The van der Waals surface area contributed by atoms with Gasteiger partial charge in [0.1, 0.15) is 18.2 Å². The minimum absolute atomic E-state index is 0.00987. The van der Waals surface area contributed by atoms with Crippen LogP contribution in [-0.4, -0.2) is 48.3 Å². The molecule has 170 valence electrons. The Labute approximate surface area is 189 Å². The van der Waals surface area contributed by atoms with Gasteiger partial charge in [0, 0.05) is 19.0 Å². The van der Waals surface area contributed by atoms with Crippen molar-refractivity contribution in [2.24, 2.45) is 11.7 Å². The number of amides is 1. The van der Waals surface area contributed by atoms with Crippen molar-refractivity contribution >= 4 is 12.1 Å². The molecule has 2 aromatic carbocycles. The molecule has 2 N–H and O–H groups in total. The molecule has 1 atom stereocenters. The Kier molecular flexibility index (Phi) is 6.24. The summed E-state index contributed by atoms with van der Waals surface area (Å²) in [6.07, 6.45) is 1.00. The highest BCUT2D eigenvalue weighted by atomic mass is 16.6. The number of hydrogen-bond donors (Lipinski definition) is 1. The third kappa shape index (κ3) is 4.65. The molecular weight excluding hydrogens is 404 g/mol. The third-order valence-corrected chi connectivity index (χ3v) is 6.33. The van der Waals surface area contributed by atoms with Gasteiger partial charge in [-0.15, -0.1) is 0 Å². The average molecular weight is 437 g/mol. The first-order valence-electron chi connectivity index (χ1n) is 11.3. The van der Waals surface area contributed by atoms with Gasteiger partial charge in [0.25, 0.3) is 0 Å². The highest BCUT2D eigenvalue weighted by Crippen LogP contribution is 2.44. The summed E-state index contributed by atoms with van der Waals surface area (Å²) in [4.78, 5) is 26.7. The van der Waals surface area contributed by atoms with Gasteiger partial charge in [-0.3, -0.25) is 4.79 Å². The maximum Gasteiger partial charge on any atom is 0.410 e. The minimum Gasteiger partial charge on any atom is -0.464 e. The molecule has 1 heterocycles. The highest BCUT2D eigenvalue weighted by molar-refractivity contribution is 5.80. The number of nitrogens with two attached hydrogens (primary N) is 1. The second kappa shape index (κ2) is 8.94. The summed E-state index contributed by atoms with van der Waals surface area (Å²) in [5.74, 6) is -0.362.